The summed E-state index contributed by atoms with van der Waals surface area (Å²) in [5.74, 6) is -0.165. The monoisotopic (exact) mass is 244 g/mol. The summed E-state index contributed by atoms with van der Waals surface area (Å²) in [4.78, 5) is 12.1. The highest BCUT2D eigenvalue weighted by Crippen LogP contribution is 2.22. The van der Waals surface area contributed by atoms with E-state index in [1.54, 1.807) is 12.1 Å². The average Bonchev–Trinajstić information content (AvgIpc) is 2.40. The second-order valence-electron chi connectivity index (χ2n) is 5.06. The van der Waals surface area contributed by atoms with Crippen LogP contribution in [0.5, 0.6) is 0 Å². The van der Waals surface area contributed by atoms with E-state index in [0.29, 0.717) is 12.0 Å². The van der Waals surface area contributed by atoms with E-state index >= 15 is 0 Å². The van der Waals surface area contributed by atoms with Crippen molar-refractivity contribution in [2.45, 2.75) is 45.1 Å². The van der Waals surface area contributed by atoms with Crippen LogP contribution in [-0.2, 0) is 0 Å². The van der Waals surface area contributed by atoms with Gasteiger partial charge in [-0.05, 0) is 32.6 Å². The first-order chi connectivity index (χ1) is 8.66. The number of aliphatic hydroxyl groups excluding tert-OH is 1. The molecule has 0 saturated carbocycles. The van der Waals surface area contributed by atoms with Gasteiger partial charge in [0.25, 0.3) is 0 Å². The largest absolute Gasteiger partial charge is 0.385 e. The molecule has 1 aromatic carbocycles. The first-order valence-corrected chi connectivity index (χ1v) is 6.63. The van der Waals surface area contributed by atoms with E-state index in [1.165, 1.54) is 18.4 Å². The van der Waals surface area contributed by atoms with Gasteiger partial charge in [-0.2, -0.15) is 0 Å². The van der Waals surface area contributed by atoms with E-state index in [2.05, 4.69) is 6.08 Å². The van der Waals surface area contributed by atoms with E-state index in [4.69, 9.17) is 0 Å². The highest BCUT2D eigenvalue weighted by molar-refractivity contribution is 5.99. The third kappa shape index (κ3) is 3.30. The summed E-state index contributed by atoms with van der Waals surface area (Å²) in [7, 11) is 0. The van der Waals surface area contributed by atoms with Crippen LogP contribution in [0.2, 0.25) is 0 Å². The highest BCUT2D eigenvalue weighted by Gasteiger charge is 2.19. The minimum atomic E-state index is -0.892. The van der Waals surface area contributed by atoms with Crippen molar-refractivity contribution >= 4 is 5.78 Å². The van der Waals surface area contributed by atoms with Crippen molar-refractivity contribution in [2.75, 3.05) is 0 Å². The molecule has 0 bridgehead atoms. The summed E-state index contributed by atoms with van der Waals surface area (Å²) in [6, 6.07) is 7.38. The Morgan fingerprint density at radius 3 is 2.61 bits per heavy atom. The van der Waals surface area contributed by atoms with Crippen molar-refractivity contribution in [2.24, 2.45) is 0 Å². The van der Waals surface area contributed by atoms with Crippen molar-refractivity contribution in [1.82, 2.24) is 0 Å². The molecule has 0 fully saturated rings. The maximum Gasteiger partial charge on any atom is 0.191 e. The maximum absolute atomic E-state index is 12.1. The molecule has 1 aromatic rings. The van der Waals surface area contributed by atoms with E-state index in [-0.39, 0.29) is 5.78 Å². The molecular formula is C16H20O2. The molecule has 18 heavy (non-hydrogen) atoms. The van der Waals surface area contributed by atoms with Gasteiger partial charge in [-0.1, -0.05) is 41.5 Å². The van der Waals surface area contributed by atoms with Gasteiger partial charge in [-0.25, -0.2) is 0 Å². The number of aryl methyl sites for hydroxylation is 1. The molecule has 2 heteroatoms. The van der Waals surface area contributed by atoms with Crippen LogP contribution in [0, 0.1) is 6.92 Å². The fourth-order valence-corrected chi connectivity index (χ4v) is 2.34. The molecule has 0 spiro atoms. The molecule has 1 aliphatic carbocycles. The normalized spacial score (nSPS) is 17.1. The summed E-state index contributed by atoms with van der Waals surface area (Å²) in [6.45, 7) is 1.98. The second kappa shape index (κ2) is 5.96. The van der Waals surface area contributed by atoms with Crippen molar-refractivity contribution in [1.29, 1.82) is 0 Å². The van der Waals surface area contributed by atoms with Crippen LogP contribution < -0.4 is 0 Å². The SMILES string of the molecule is Cc1ccc(C(=O)[C@H](O)CC2=CCCCC2)cc1. The molecule has 2 nitrogen and oxygen atoms in total. The van der Waals surface area contributed by atoms with Gasteiger partial charge in [0.15, 0.2) is 5.78 Å². The van der Waals surface area contributed by atoms with Crippen molar-refractivity contribution < 1.29 is 9.90 Å². The van der Waals surface area contributed by atoms with E-state index in [9.17, 15) is 9.90 Å². The zero-order valence-corrected chi connectivity index (χ0v) is 10.9. The Kier molecular flexibility index (Phi) is 4.32. The molecular weight excluding hydrogens is 224 g/mol. The third-order valence-electron chi connectivity index (χ3n) is 3.48. The Labute approximate surface area is 108 Å². The molecule has 0 amide bonds. The van der Waals surface area contributed by atoms with Crippen LogP contribution in [0.1, 0.15) is 48.0 Å². The van der Waals surface area contributed by atoms with Crippen molar-refractivity contribution in [3.63, 3.8) is 0 Å². The van der Waals surface area contributed by atoms with Crippen LogP contribution in [0.15, 0.2) is 35.9 Å². The number of carbonyl (C=O) groups excluding carboxylic acids is 1. The zero-order valence-electron chi connectivity index (χ0n) is 10.9. The Balaban J connectivity index is 2.00. The predicted molar refractivity (Wildman–Crippen MR) is 72.7 cm³/mol. The lowest BCUT2D eigenvalue weighted by molar-refractivity contribution is 0.0746. The lowest BCUT2D eigenvalue weighted by atomic mass is 9.92. The lowest BCUT2D eigenvalue weighted by Crippen LogP contribution is -2.21. The quantitative estimate of drug-likeness (QED) is 0.651. The highest BCUT2D eigenvalue weighted by atomic mass is 16.3. The molecule has 0 radical (unpaired) electrons. The van der Waals surface area contributed by atoms with Gasteiger partial charge in [-0.3, -0.25) is 4.79 Å². The first kappa shape index (κ1) is 13.0. The average molecular weight is 244 g/mol. The fraction of sp³-hybridized carbons (Fsp3) is 0.438. The Morgan fingerprint density at radius 1 is 1.28 bits per heavy atom. The molecule has 0 aliphatic heterocycles. The van der Waals surface area contributed by atoms with Gasteiger partial charge in [-0.15, -0.1) is 0 Å². The Hall–Kier alpha value is -1.41. The fourth-order valence-electron chi connectivity index (χ4n) is 2.34. The van der Waals surface area contributed by atoms with Crippen LogP contribution in [-0.4, -0.2) is 17.0 Å². The minimum Gasteiger partial charge on any atom is -0.385 e. The summed E-state index contributed by atoms with van der Waals surface area (Å²) < 4.78 is 0. The molecule has 0 saturated heterocycles. The Bertz CT molecular complexity index is 443. The number of Topliss-reactive ketones (excluding diaryl/α,β-unsaturated/α-hetero) is 1. The minimum absolute atomic E-state index is 0.165. The number of carbonyl (C=O) groups is 1. The number of benzene rings is 1. The number of hydrogen-bond acceptors (Lipinski definition) is 2. The number of ketones is 1. The molecule has 0 heterocycles. The molecule has 1 N–H and O–H groups in total. The van der Waals surface area contributed by atoms with E-state index in [0.717, 1.165) is 18.4 Å². The van der Waals surface area contributed by atoms with Gasteiger partial charge in [0.05, 0.1) is 0 Å². The second-order valence-corrected chi connectivity index (χ2v) is 5.06. The molecule has 0 unspecified atom stereocenters. The summed E-state index contributed by atoms with van der Waals surface area (Å²) in [6.07, 6.45) is 6.29. The molecule has 2 rings (SSSR count). The van der Waals surface area contributed by atoms with Gasteiger partial charge < -0.3 is 5.11 Å². The maximum atomic E-state index is 12.1. The van der Waals surface area contributed by atoms with Crippen LogP contribution in [0.4, 0.5) is 0 Å². The van der Waals surface area contributed by atoms with E-state index < -0.39 is 6.10 Å². The first-order valence-electron chi connectivity index (χ1n) is 6.63. The standard InChI is InChI=1S/C16H20O2/c1-12-7-9-14(10-8-12)16(18)15(17)11-13-5-3-2-4-6-13/h5,7-10,15,17H,2-4,6,11H2,1H3/t15-/m1/s1. The van der Waals surface area contributed by atoms with Crippen molar-refractivity contribution in [3.8, 4) is 0 Å². The number of hydrogen-bond donors (Lipinski definition) is 1. The van der Waals surface area contributed by atoms with Crippen molar-refractivity contribution in [3.05, 3.63) is 47.0 Å². The summed E-state index contributed by atoms with van der Waals surface area (Å²) in [5, 5.41) is 10.0. The van der Waals surface area contributed by atoms with Crippen LogP contribution >= 0.6 is 0 Å². The molecule has 1 aliphatic rings. The van der Waals surface area contributed by atoms with E-state index in [1.807, 2.05) is 19.1 Å². The van der Waals surface area contributed by atoms with Gasteiger partial charge >= 0.3 is 0 Å². The predicted octanol–water partition coefficient (Wildman–Crippen LogP) is 3.43. The number of rotatable bonds is 4. The Morgan fingerprint density at radius 2 is 2.00 bits per heavy atom. The lowest BCUT2D eigenvalue weighted by Gasteiger charge is -2.16. The van der Waals surface area contributed by atoms with Crippen LogP contribution in [0.25, 0.3) is 0 Å². The number of aliphatic hydroxyl groups is 1. The van der Waals surface area contributed by atoms with Gasteiger partial charge in [0, 0.05) is 12.0 Å². The van der Waals surface area contributed by atoms with Crippen LogP contribution in [0.3, 0.4) is 0 Å². The zero-order chi connectivity index (χ0) is 13.0. The van der Waals surface area contributed by atoms with Gasteiger partial charge in [0.1, 0.15) is 6.10 Å². The molecule has 96 valence electrons. The topological polar surface area (TPSA) is 37.3 Å². The third-order valence-corrected chi connectivity index (χ3v) is 3.48. The summed E-state index contributed by atoms with van der Waals surface area (Å²) >= 11 is 0. The smallest absolute Gasteiger partial charge is 0.191 e. The number of allylic oxidation sites excluding steroid dienone is 1. The molecule has 1 atom stereocenters. The van der Waals surface area contributed by atoms with Gasteiger partial charge in [0.2, 0.25) is 0 Å². The molecule has 0 aromatic heterocycles. The summed E-state index contributed by atoms with van der Waals surface area (Å²) in [5.41, 5.74) is 2.95.